The van der Waals surface area contributed by atoms with E-state index in [1.807, 2.05) is 11.8 Å². The highest BCUT2D eigenvalue weighted by molar-refractivity contribution is 5.85. The number of rotatable bonds is 4. The molecular weight excluding hydrogens is 417 g/mol. The molecule has 1 N–H and O–H groups in total. The molecule has 0 bridgehead atoms. The van der Waals surface area contributed by atoms with E-state index >= 15 is 0 Å². The minimum Gasteiger partial charge on any atom is -0.314 e. The third kappa shape index (κ3) is 6.41. The van der Waals surface area contributed by atoms with Gasteiger partial charge in [0, 0.05) is 32.2 Å². The van der Waals surface area contributed by atoms with Gasteiger partial charge in [-0.2, -0.15) is 26.3 Å². The van der Waals surface area contributed by atoms with Gasteiger partial charge in [-0.1, -0.05) is 20.3 Å². The van der Waals surface area contributed by atoms with E-state index in [9.17, 15) is 26.3 Å². The molecule has 2 atom stereocenters. The lowest BCUT2D eigenvalue weighted by Crippen LogP contribution is -2.47. The molecule has 10 heteroatoms. The van der Waals surface area contributed by atoms with Crippen molar-refractivity contribution >= 4 is 24.8 Å². The maximum absolute atomic E-state index is 13.5. The zero-order valence-electron chi connectivity index (χ0n) is 15.0. The van der Waals surface area contributed by atoms with Gasteiger partial charge < -0.3 is 5.32 Å². The molecule has 1 aromatic carbocycles. The predicted octanol–water partition coefficient (Wildman–Crippen LogP) is 5.56. The van der Waals surface area contributed by atoms with E-state index in [4.69, 9.17) is 0 Å². The largest absolute Gasteiger partial charge is 0.416 e. The van der Waals surface area contributed by atoms with Gasteiger partial charge >= 0.3 is 12.4 Å². The summed E-state index contributed by atoms with van der Waals surface area (Å²) in [5, 5.41) is 3.11. The van der Waals surface area contributed by atoms with Crippen molar-refractivity contribution in [1.82, 2.24) is 10.2 Å². The molecule has 1 unspecified atom stereocenters. The van der Waals surface area contributed by atoms with Crippen LogP contribution in [-0.2, 0) is 12.4 Å². The van der Waals surface area contributed by atoms with Crippen molar-refractivity contribution in [3.05, 3.63) is 34.9 Å². The number of halogens is 8. The van der Waals surface area contributed by atoms with Crippen molar-refractivity contribution in [3.8, 4) is 0 Å². The molecule has 0 radical (unpaired) electrons. The highest BCUT2D eigenvalue weighted by atomic mass is 35.5. The van der Waals surface area contributed by atoms with E-state index in [0.29, 0.717) is 50.8 Å². The van der Waals surface area contributed by atoms with Gasteiger partial charge in [0.1, 0.15) is 0 Å². The smallest absolute Gasteiger partial charge is 0.314 e. The maximum atomic E-state index is 13.5. The van der Waals surface area contributed by atoms with Crippen LogP contribution >= 0.6 is 24.8 Å². The van der Waals surface area contributed by atoms with Gasteiger partial charge in [0.15, 0.2) is 0 Å². The number of hydrogen-bond acceptors (Lipinski definition) is 2. The van der Waals surface area contributed by atoms with Gasteiger partial charge in [0.2, 0.25) is 0 Å². The first kappa shape index (κ1) is 26.3. The Labute approximate surface area is 167 Å². The third-order valence-corrected chi connectivity index (χ3v) is 4.73. The van der Waals surface area contributed by atoms with Gasteiger partial charge in [-0.3, -0.25) is 4.90 Å². The molecular formula is C17H24Cl2F6N2. The summed E-state index contributed by atoms with van der Waals surface area (Å²) in [6.45, 7) is 5.83. The summed E-state index contributed by atoms with van der Waals surface area (Å²) >= 11 is 0. The molecule has 158 valence electrons. The Morgan fingerprint density at radius 2 is 1.56 bits per heavy atom. The fraction of sp³-hybridized carbons (Fsp3) is 0.647. The minimum atomic E-state index is -4.70. The molecule has 1 aliphatic rings. The second-order valence-electron chi connectivity index (χ2n) is 6.41. The van der Waals surface area contributed by atoms with Crippen molar-refractivity contribution in [2.24, 2.45) is 5.92 Å². The highest BCUT2D eigenvalue weighted by Crippen LogP contribution is 2.42. The first-order valence-corrected chi connectivity index (χ1v) is 8.28. The molecule has 2 nitrogen and oxygen atoms in total. The van der Waals surface area contributed by atoms with Gasteiger partial charge in [0.05, 0.1) is 11.1 Å². The molecule has 1 fully saturated rings. The second-order valence-corrected chi connectivity index (χ2v) is 6.41. The van der Waals surface area contributed by atoms with Gasteiger partial charge in [-0.05, 0) is 29.7 Å². The normalized spacial score (nSPS) is 18.2. The summed E-state index contributed by atoms with van der Waals surface area (Å²) in [6, 6.07) is 1.06. The number of nitrogens with one attached hydrogen (secondary N) is 1. The first-order chi connectivity index (χ1) is 11.6. The summed E-state index contributed by atoms with van der Waals surface area (Å²) in [6.07, 6.45) is -8.80. The minimum absolute atomic E-state index is 0. The van der Waals surface area contributed by atoms with Crippen LogP contribution in [-0.4, -0.2) is 31.1 Å². The zero-order chi connectivity index (χ0) is 18.8. The summed E-state index contributed by atoms with van der Waals surface area (Å²) in [7, 11) is 0. The lowest BCUT2D eigenvalue weighted by atomic mass is 9.86. The van der Waals surface area contributed by atoms with Crippen LogP contribution in [0.3, 0.4) is 0 Å². The third-order valence-electron chi connectivity index (χ3n) is 4.73. The first-order valence-electron chi connectivity index (χ1n) is 8.28. The molecule has 0 amide bonds. The van der Waals surface area contributed by atoms with E-state index in [-0.39, 0.29) is 36.3 Å². The van der Waals surface area contributed by atoms with Gasteiger partial charge in [0.25, 0.3) is 0 Å². The Morgan fingerprint density at radius 3 is 2.00 bits per heavy atom. The predicted molar refractivity (Wildman–Crippen MR) is 97.6 cm³/mol. The van der Waals surface area contributed by atoms with Crippen LogP contribution in [0.1, 0.15) is 43.0 Å². The molecule has 27 heavy (non-hydrogen) atoms. The van der Waals surface area contributed by atoms with E-state index in [1.165, 1.54) is 0 Å². The van der Waals surface area contributed by atoms with Crippen LogP contribution < -0.4 is 5.32 Å². The highest BCUT2D eigenvalue weighted by Gasteiger charge is 2.40. The average Bonchev–Trinajstić information content (AvgIpc) is 2.54. The number of piperazine rings is 1. The lowest BCUT2D eigenvalue weighted by Gasteiger charge is -2.39. The quantitative estimate of drug-likeness (QED) is 0.616. The Balaban J connectivity index is 0.00000338. The summed E-state index contributed by atoms with van der Waals surface area (Å²) in [5.74, 6) is -0.206. The summed E-state index contributed by atoms with van der Waals surface area (Å²) in [4.78, 5) is 1.86. The van der Waals surface area contributed by atoms with Crippen LogP contribution in [0.25, 0.3) is 0 Å². The standard InChI is InChI=1S/C17H22F6N2.2ClH/c1-3-11(2)15(25-8-6-24-7-9-25)13-10-12(16(18,19)20)4-5-14(13)17(21,22)23;;/h4-5,10-11,15,24H,3,6-9H2,1-2H3;2*1H/t11?,15-;;/m1../s1. The Morgan fingerprint density at radius 1 is 1.00 bits per heavy atom. The molecule has 0 spiro atoms. The van der Waals surface area contributed by atoms with E-state index < -0.39 is 29.5 Å². The van der Waals surface area contributed by atoms with Crippen LogP contribution in [0.15, 0.2) is 18.2 Å². The van der Waals surface area contributed by atoms with E-state index in [2.05, 4.69) is 5.32 Å². The van der Waals surface area contributed by atoms with E-state index in [1.54, 1.807) is 6.92 Å². The van der Waals surface area contributed by atoms with Crippen molar-refractivity contribution in [3.63, 3.8) is 0 Å². The molecule has 1 aliphatic heterocycles. The van der Waals surface area contributed by atoms with Crippen molar-refractivity contribution in [2.75, 3.05) is 26.2 Å². The maximum Gasteiger partial charge on any atom is 0.416 e. The molecule has 1 heterocycles. The molecule has 0 saturated carbocycles. The molecule has 1 aromatic rings. The van der Waals surface area contributed by atoms with Crippen molar-refractivity contribution in [1.29, 1.82) is 0 Å². The lowest BCUT2D eigenvalue weighted by molar-refractivity contribution is -0.142. The number of hydrogen-bond donors (Lipinski definition) is 1. The van der Waals surface area contributed by atoms with Crippen LogP contribution in [0.2, 0.25) is 0 Å². The summed E-state index contributed by atoms with van der Waals surface area (Å²) < 4.78 is 79.6. The van der Waals surface area contributed by atoms with Gasteiger partial charge in [-0.25, -0.2) is 0 Å². The molecule has 0 aliphatic carbocycles. The summed E-state index contributed by atoms with van der Waals surface area (Å²) in [5.41, 5.74) is -2.30. The Bertz CT molecular complexity index is 586. The monoisotopic (exact) mass is 440 g/mol. The van der Waals surface area contributed by atoms with Crippen molar-refractivity contribution in [2.45, 2.75) is 38.7 Å². The fourth-order valence-electron chi connectivity index (χ4n) is 3.29. The van der Waals surface area contributed by atoms with Crippen LogP contribution in [0.5, 0.6) is 0 Å². The Hall–Kier alpha value is -0.700. The number of benzene rings is 1. The SMILES string of the molecule is CCC(C)[C@H](c1cc(C(F)(F)F)ccc1C(F)(F)F)N1CCNCC1.Cl.Cl. The Kier molecular flexibility index (Phi) is 9.92. The molecule has 1 saturated heterocycles. The van der Waals surface area contributed by atoms with Crippen LogP contribution in [0, 0.1) is 5.92 Å². The number of nitrogens with zero attached hydrogens (tertiary/aromatic N) is 1. The van der Waals surface area contributed by atoms with Crippen molar-refractivity contribution < 1.29 is 26.3 Å². The number of alkyl halides is 6. The fourth-order valence-corrected chi connectivity index (χ4v) is 3.29. The topological polar surface area (TPSA) is 15.3 Å². The van der Waals surface area contributed by atoms with E-state index in [0.717, 1.165) is 0 Å². The zero-order valence-corrected chi connectivity index (χ0v) is 16.6. The van der Waals surface area contributed by atoms with Crippen LogP contribution in [0.4, 0.5) is 26.3 Å². The molecule has 2 rings (SSSR count). The van der Waals surface area contributed by atoms with Gasteiger partial charge in [-0.15, -0.1) is 24.8 Å². The average molecular weight is 441 g/mol. The molecule has 0 aromatic heterocycles. The second kappa shape index (κ2) is 10.2.